The monoisotopic (exact) mass is 392 g/mol. The van der Waals surface area contributed by atoms with Gasteiger partial charge in [-0.25, -0.2) is 9.50 Å². The summed E-state index contributed by atoms with van der Waals surface area (Å²) in [6, 6.07) is 5.28. The Balaban J connectivity index is 1.78. The molecule has 9 heteroatoms. The lowest BCUT2D eigenvalue weighted by Gasteiger charge is -2.36. The van der Waals surface area contributed by atoms with Gasteiger partial charge in [0.25, 0.3) is 5.91 Å². The van der Waals surface area contributed by atoms with Gasteiger partial charge in [-0.3, -0.25) is 4.79 Å². The molecule has 4 heterocycles. The number of hydrogen-bond acceptors (Lipinski definition) is 4. The zero-order valence-electron chi connectivity index (χ0n) is 15.4. The summed E-state index contributed by atoms with van der Waals surface area (Å²) in [7, 11) is 0. The minimum atomic E-state index is -4.66. The van der Waals surface area contributed by atoms with Gasteiger partial charge in [-0.2, -0.15) is 18.3 Å². The Morgan fingerprint density at radius 3 is 2.71 bits per heavy atom. The van der Waals surface area contributed by atoms with Gasteiger partial charge in [0.05, 0.1) is 6.26 Å². The van der Waals surface area contributed by atoms with Crippen LogP contribution in [0.2, 0.25) is 0 Å². The normalized spacial score (nSPS) is 20.7. The molecule has 4 rings (SSSR count). The highest BCUT2D eigenvalue weighted by Crippen LogP contribution is 2.33. The number of furan rings is 1. The standard InChI is InChI=1S/C19H19F3N4O2/c1-11-5-6-25(12(2)8-11)18(27)14-10-17-23-13(15-4-3-7-28-15)9-16(19(20,21)22)26(17)24-14/h3-4,7,9-12H,5-6,8H2,1-2H3/t11-,12-/m1/s1. The third kappa shape index (κ3) is 3.25. The largest absolute Gasteiger partial charge is 0.463 e. The predicted octanol–water partition coefficient (Wildman–Crippen LogP) is 4.27. The molecule has 28 heavy (non-hydrogen) atoms. The van der Waals surface area contributed by atoms with Crippen LogP contribution < -0.4 is 0 Å². The van der Waals surface area contributed by atoms with E-state index in [1.54, 1.807) is 11.0 Å². The quantitative estimate of drug-likeness (QED) is 0.653. The van der Waals surface area contributed by atoms with Crippen LogP contribution in [0.3, 0.4) is 0 Å². The van der Waals surface area contributed by atoms with Gasteiger partial charge in [0, 0.05) is 18.7 Å². The maximum atomic E-state index is 13.6. The number of likely N-dealkylation sites (tertiary alicyclic amines) is 1. The summed E-state index contributed by atoms with van der Waals surface area (Å²) in [6.45, 7) is 4.63. The van der Waals surface area contributed by atoms with Crippen molar-refractivity contribution in [3.63, 3.8) is 0 Å². The van der Waals surface area contributed by atoms with Gasteiger partial charge in [0.1, 0.15) is 5.69 Å². The molecular formula is C19H19F3N4O2. The molecule has 148 valence electrons. The number of halogens is 3. The van der Waals surface area contributed by atoms with Crippen molar-refractivity contribution in [3.8, 4) is 11.5 Å². The second-order valence-electron chi connectivity index (χ2n) is 7.28. The average molecular weight is 392 g/mol. The molecule has 2 atom stereocenters. The first kappa shape index (κ1) is 18.5. The molecule has 3 aromatic heterocycles. The van der Waals surface area contributed by atoms with Crippen LogP contribution in [-0.4, -0.2) is 38.0 Å². The number of rotatable bonds is 2. The molecule has 6 nitrogen and oxygen atoms in total. The second-order valence-corrected chi connectivity index (χ2v) is 7.28. The van der Waals surface area contributed by atoms with Crippen molar-refractivity contribution < 1.29 is 22.4 Å². The van der Waals surface area contributed by atoms with Crippen molar-refractivity contribution in [2.24, 2.45) is 5.92 Å². The maximum absolute atomic E-state index is 13.6. The van der Waals surface area contributed by atoms with Gasteiger partial charge < -0.3 is 9.32 Å². The third-order valence-electron chi connectivity index (χ3n) is 5.11. The number of carbonyl (C=O) groups is 1. The Hall–Kier alpha value is -2.84. The van der Waals surface area contributed by atoms with E-state index in [2.05, 4.69) is 17.0 Å². The summed E-state index contributed by atoms with van der Waals surface area (Å²) in [5.41, 5.74) is -1.08. The third-order valence-corrected chi connectivity index (χ3v) is 5.11. The summed E-state index contributed by atoms with van der Waals surface area (Å²) in [6.07, 6.45) is -1.59. The van der Waals surface area contributed by atoms with Gasteiger partial charge in [-0.15, -0.1) is 0 Å². The fourth-order valence-electron chi connectivity index (χ4n) is 3.69. The smallest absolute Gasteiger partial charge is 0.433 e. The van der Waals surface area contributed by atoms with Crippen molar-refractivity contribution in [1.29, 1.82) is 0 Å². The molecule has 0 unspecified atom stereocenters. The Morgan fingerprint density at radius 2 is 2.07 bits per heavy atom. The number of alkyl halides is 3. The van der Waals surface area contributed by atoms with Crippen LogP contribution in [0.4, 0.5) is 13.2 Å². The molecule has 0 aromatic carbocycles. The van der Waals surface area contributed by atoms with Crippen LogP contribution >= 0.6 is 0 Å². The second kappa shape index (κ2) is 6.65. The zero-order valence-corrected chi connectivity index (χ0v) is 15.4. The van der Waals surface area contributed by atoms with Crippen molar-refractivity contribution in [3.05, 3.63) is 41.9 Å². The fourth-order valence-corrected chi connectivity index (χ4v) is 3.69. The molecule has 0 bridgehead atoms. The first-order valence-electron chi connectivity index (χ1n) is 9.07. The minimum absolute atomic E-state index is 0.00906. The Labute approximate surface area is 159 Å². The fraction of sp³-hybridized carbons (Fsp3) is 0.421. The van der Waals surface area contributed by atoms with E-state index in [1.165, 1.54) is 18.4 Å². The molecule has 1 aliphatic heterocycles. The molecular weight excluding hydrogens is 373 g/mol. The number of carbonyl (C=O) groups excluding carboxylic acids is 1. The first-order valence-corrected chi connectivity index (χ1v) is 9.07. The molecule has 1 fully saturated rings. The van der Waals surface area contributed by atoms with E-state index >= 15 is 0 Å². The highest BCUT2D eigenvalue weighted by atomic mass is 19.4. The van der Waals surface area contributed by atoms with Crippen LogP contribution in [0, 0.1) is 5.92 Å². The maximum Gasteiger partial charge on any atom is 0.433 e. The Morgan fingerprint density at radius 1 is 1.29 bits per heavy atom. The molecule has 0 aliphatic carbocycles. The molecule has 1 saturated heterocycles. The number of hydrogen-bond donors (Lipinski definition) is 0. The van der Waals surface area contributed by atoms with Gasteiger partial charge in [-0.1, -0.05) is 6.92 Å². The zero-order chi connectivity index (χ0) is 20.1. The number of fused-ring (bicyclic) bond motifs is 1. The molecule has 0 N–H and O–H groups in total. The van der Waals surface area contributed by atoms with E-state index < -0.39 is 11.9 Å². The summed E-state index contributed by atoms with van der Waals surface area (Å²) >= 11 is 0. The lowest BCUT2D eigenvalue weighted by atomic mass is 9.93. The molecule has 1 aliphatic rings. The lowest BCUT2D eigenvalue weighted by molar-refractivity contribution is -0.142. The van der Waals surface area contributed by atoms with Crippen LogP contribution in [0.5, 0.6) is 0 Å². The Bertz CT molecular complexity index is 1010. The Kier molecular flexibility index (Phi) is 4.40. The summed E-state index contributed by atoms with van der Waals surface area (Å²) in [4.78, 5) is 18.8. The van der Waals surface area contributed by atoms with Gasteiger partial charge >= 0.3 is 6.18 Å². The number of nitrogens with zero attached hydrogens (tertiary/aromatic N) is 4. The van der Waals surface area contributed by atoms with Crippen LogP contribution in [-0.2, 0) is 6.18 Å². The minimum Gasteiger partial charge on any atom is -0.463 e. The van der Waals surface area contributed by atoms with Crippen molar-refractivity contribution in [2.75, 3.05) is 6.54 Å². The molecule has 0 radical (unpaired) electrons. The van der Waals surface area contributed by atoms with E-state index in [0.717, 1.165) is 18.9 Å². The molecule has 0 spiro atoms. The predicted molar refractivity (Wildman–Crippen MR) is 94.6 cm³/mol. The van der Waals surface area contributed by atoms with Gasteiger partial charge in [-0.05, 0) is 43.9 Å². The topological polar surface area (TPSA) is 63.6 Å². The summed E-state index contributed by atoms with van der Waals surface area (Å²) in [5.74, 6) is 0.341. The van der Waals surface area contributed by atoms with E-state index in [4.69, 9.17) is 4.42 Å². The van der Waals surface area contributed by atoms with Crippen LogP contribution in [0.1, 0.15) is 42.9 Å². The van der Waals surface area contributed by atoms with E-state index in [0.29, 0.717) is 17.0 Å². The summed E-state index contributed by atoms with van der Waals surface area (Å²) < 4.78 is 46.6. The number of piperidine rings is 1. The van der Waals surface area contributed by atoms with Crippen LogP contribution in [0.25, 0.3) is 17.1 Å². The average Bonchev–Trinajstić information content (AvgIpc) is 3.29. The molecule has 0 saturated carbocycles. The summed E-state index contributed by atoms with van der Waals surface area (Å²) in [5, 5.41) is 3.94. The first-order chi connectivity index (χ1) is 13.2. The van der Waals surface area contributed by atoms with Crippen LogP contribution in [0.15, 0.2) is 34.9 Å². The molecule has 3 aromatic rings. The highest BCUT2D eigenvalue weighted by molar-refractivity contribution is 5.93. The highest BCUT2D eigenvalue weighted by Gasteiger charge is 2.36. The van der Waals surface area contributed by atoms with Crippen molar-refractivity contribution in [1.82, 2.24) is 19.5 Å². The van der Waals surface area contributed by atoms with Gasteiger partial charge in [0.15, 0.2) is 22.8 Å². The van der Waals surface area contributed by atoms with E-state index in [9.17, 15) is 18.0 Å². The number of amides is 1. The van der Waals surface area contributed by atoms with E-state index in [-0.39, 0.29) is 34.7 Å². The molecule has 1 amide bonds. The van der Waals surface area contributed by atoms with E-state index in [1.807, 2.05) is 6.92 Å². The van der Waals surface area contributed by atoms with Crippen molar-refractivity contribution in [2.45, 2.75) is 38.9 Å². The van der Waals surface area contributed by atoms with Gasteiger partial charge in [0.2, 0.25) is 0 Å². The van der Waals surface area contributed by atoms with Crippen molar-refractivity contribution >= 4 is 11.6 Å². The SMILES string of the molecule is C[C@@H]1CCN(C(=O)c2cc3nc(-c4ccco4)cc(C(F)(F)F)n3n2)[C@H](C)C1. The lowest BCUT2D eigenvalue weighted by Crippen LogP contribution is -2.44. The number of aromatic nitrogens is 3.